The van der Waals surface area contributed by atoms with Gasteiger partial charge in [0, 0.05) is 6.42 Å². The van der Waals surface area contributed by atoms with E-state index in [2.05, 4.69) is 72.4 Å². The van der Waals surface area contributed by atoms with Crippen LogP contribution in [0.2, 0.25) is 0 Å². The van der Waals surface area contributed by atoms with Crippen molar-refractivity contribution in [3.63, 3.8) is 0 Å². The van der Waals surface area contributed by atoms with Crippen molar-refractivity contribution in [2.24, 2.45) is 34.5 Å². The van der Waals surface area contributed by atoms with Gasteiger partial charge in [-0.25, -0.2) is 0 Å². The normalized spacial score (nSPS) is 39.3. The van der Waals surface area contributed by atoms with Crippen LogP contribution in [0.5, 0.6) is 0 Å². The quantitative estimate of drug-likeness (QED) is 0.475. The van der Waals surface area contributed by atoms with E-state index in [0.717, 1.165) is 17.1 Å². The lowest BCUT2D eigenvalue weighted by Gasteiger charge is -2.44. The van der Waals surface area contributed by atoms with Crippen LogP contribution in [0.15, 0.2) is 47.6 Å². The van der Waals surface area contributed by atoms with Crippen molar-refractivity contribution in [1.82, 2.24) is 0 Å². The summed E-state index contributed by atoms with van der Waals surface area (Å²) in [4.78, 5) is 0. The van der Waals surface area contributed by atoms with E-state index < -0.39 is 12.2 Å². The molecule has 31 heavy (non-hydrogen) atoms. The predicted octanol–water partition coefficient (Wildman–Crippen LogP) is 7.00. The maximum Gasteiger partial charge on any atom is 0.0811 e. The molecule has 3 saturated carbocycles. The minimum atomic E-state index is -0.607. The monoisotopic (exact) mass is 426 g/mol. The van der Waals surface area contributed by atoms with Gasteiger partial charge in [-0.1, -0.05) is 78.0 Å². The highest BCUT2D eigenvalue weighted by Gasteiger charge is 2.50. The largest absolute Gasteiger partial charge is 0.393 e. The standard InChI is InChI=1S/C29H46O2/c1-19(10-11-20(2)28(4,5)6)25-14-15-26-22(9-8-16-29(25,26)7)12-13-23-17-24(30)18-27(31)21(23)3/h10-13,19-20,24-27,30-31H,3,8-9,14-18H2,1-2,4-7H3/b11-10+,22-12+,23-13-/t19?,20?,24-,25?,26?,27+,29?/m1/s1. The Kier molecular flexibility index (Phi) is 7.43. The third kappa shape index (κ3) is 5.28. The maximum atomic E-state index is 10.2. The van der Waals surface area contributed by atoms with Crippen molar-refractivity contribution in [3.05, 3.63) is 47.6 Å². The third-order valence-corrected chi connectivity index (χ3v) is 9.01. The second-order valence-electron chi connectivity index (χ2n) is 12.1. The van der Waals surface area contributed by atoms with Crippen LogP contribution in [0.25, 0.3) is 0 Å². The van der Waals surface area contributed by atoms with Gasteiger partial charge in [-0.2, -0.15) is 0 Å². The first-order valence-corrected chi connectivity index (χ1v) is 12.6. The average molecular weight is 427 g/mol. The van der Waals surface area contributed by atoms with E-state index in [1.54, 1.807) is 5.57 Å². The number of fused-ring (bicyclic) bond motifs is 1. The van der Waals surface area contributed by atoms with Gasteiger partial charge in [0.2, 0.25) is 0 Å². The van der Waals surface area contributed by atoms with Gasteiger partial charge in [-0.05, 0) is 84.2 Å². The van der Waals surface area contributed by atoms with Crippen LogP contribution in [0.4, 0.5) is 0 Å². The first-order chi connectivity index (χ1) is 14.4. The van der Waals surface area contributed by atoms with E-state index in [0.29, 0.717) is 41.4 Å². The molecule has 0 aromatic carbocycles. The fraction of sp³-hybridized carbons (Fsp3) is 0.724. The number of aliphatic hydroxyl groups is 2. The molecule has 0 amide bonds. The topological polar surface area (TPSA) is 40.5 Å². The Labute approximate surface area is 191 Å². The zero-order chi connectivity index (χ0) is 23.0. The van der Waals surface area contributed by atoms with Crippen LogP contribution >= 0.6 is 0 Å². The fourth-order valence-corrected chi connectivity index (χ4v) is 6.37. The zero-order valence-electron chi connectivity index (χ0n) is 20.8. The zero-order valence-corrected chi connectivity index (χ0v) is 20.8. The molecule has 3 fully saturated rings. The van der Waals surface area contributed by atoms with E-state index in [-0.39, 0.29) is 0 Å². The average Bonchev–Trinajstić information content (AvgIpc) is 3.04. The van der Waals surface area contributed by atoms with Gasteiger partial charge in [0.05, 0.1) is 12.2 Å². The summed E-state index contributed by atoms with van der Waals surface area (Å²) in [6.45, 7) is 18.4. The SMILES string of the molecule is C=C1/C(=C\C=C2/CCCC3(C)C2CCC3C(C)/C=C/C(C)C(C)(C)C)C[C@@H](O)C[C@@H]1O. The summed E-state index contributed by atoms with van der Waals surface area (Å²) in [6, 6.07) is 0. The number of allylic oxidation sites excluding steroid dienone is 5. The second-order valence-corrected chi connectivity index (χ2v) is 12.1. The molecule has 2 heteroatoms. The Morgan fingerprint density at radius 1 is 1.10 bits per heavy atom. The summed E-state index contributed by atoms with van der Waals surface area (Å²) in [5.41, 5.74) is 4.08. The Hall–Kier alpha value is -1.12. The Bertz CT molecular complexity index is 749. The van der Waals surface area contributed by atoms with E-state index in [9.17, 15) is 10.2 Å². The molecule has 0 aromatic heterocycles. The maximum absolute atomic E-state index is 10.2. The minimum Gasteiger partial charge on any atom is -0.393 e. The molecule has 5 unspecified atom stereocenters. The molecule has 0 bridgehead atoms. The van der Waals surface area contributed by atoms with Gasteiger partial charge < -0.3 is 10.2 Å². The summed E-state index contributed by atoms with van der Waals surface area (Å²) in [7, 11) is 0. The second kappa shape index (κ2) is 9.40. The van der Waals surface area contributed by atoms with E-state index in [1.807, 2.05) is 0 Å². The molecule has 0 radical (unpaired) electrons. The van der Waals surface area contributed by atoms with Crippen LogP contribution in [-0.2, 0) is 0 Å². The minimum absolute atomic E-state index is 0.316. The highest BCUT2D eigenvalue weighted by Crippen LogP contribution is 2.59. The molecule has 3 aliphatic rings. The van der Waals surface area contributed by atoms with Crippen molar-refractivity contribution in [2.75, 3.05) is 0 Å². The molecular formula is C29H46O2. The van der Waals surface area contributed by atoms with Crippen molar-refractivity contribution in [3.8, 4) is 0 Å². The molecule has 3 rings (SSSR count). The summed E-state index contributed by atoms with van der Waals surface area (Å²) >= 11 is 0. The van der Waals surface area contributed by atoms with Crippen LogP contribution in [-0.4, -0.2) is 22.4 Å². The van der Waals surface area contributed by atoms with Crippen molar-refractivity contribution < 1.29 is 10.2 Å². The van der Waals surface area contributed by atoms with E-state index in [1.165, 1.54) is 32.1 Å². The molecule has 2 N–H and O–H groups in total. The van der Waals surface area contributed by atoms with Crippen molar-refractivity contribution in [1.29, 1.82) is 0 Å². The Morgan fingerprint density at radius 2 is 1.81 bits per heavy atom. The van der Waals surface area contributed by atoms with Gasteiger partial charge >= 0.3 is 0 Å². The van der Waals surface area contributed by atoms with Gasteiger partial charge in [-0.3, -0.25) is 0 Å². The number of aliphatic hydroxyl groups excluding tert-OH is 2. The number of hydrogen-bond donors (Lipinski definition) is 2. The molecule has 0 saturated heterocycles. The molecule has 0 aromatic rings. The summed E-state index contributed by atoms with van der Waals surface area (Å²) in [5.74, 6) is 2.60. The van der Waals surface area contributed by atoms with E-state index >= 15 is 0 Å². The van der Waals surface area contributed by atoms with Crippen LogP contribution in [0, 0.1) is 34.5 Å². The van der Waals surface area contributed by atoms with Gasteiger partial charge in [0.25, 0.3) is 0 Å². The number of rotatable bonds is 4. The molecule has 3 aliphatic carbocycles. The predicted molar refractivity (Wildman–Crippen MR) is 132 cm³/mol. The first-order valence-electron chi connectivity index (χ1n) is 12.6. The fourth-order valence-electron chi connectivity index (χ4n) is 6.37. The third-order valence-electron chi connectivity index (χ3n) is 9.01. The molecule has 174 valence electrons. The van der Waals surface area contributed by atoms with Gasteiger partial charge in [-0.15, -0.1) is 0 Å². The Morgan fingerprint density at radius 3 is 2.48 bits per heavy atom. The molecule has 0 spiro atoms. The summed E-state index contributed by atoms with van der Waals surface area (Å²) in [6.07, 6.45) is 15.8. The lowest BCUT2D eigenvalue weighted by molar-refractivity contribution is 0.0862. The smallest absolute Gasteiger partial charge is 0.0811 e. The molecule has 0 heterocycles. The number of hydrogen-bond acceptors (Lipinski definition) is 2. The molecular weight excluding hydrogens is 380 g/mol. The lowest BCUT2D eigenvalue weighted by atomic mass is 9.61. The van der Waals surface area contributed by atoms with Crippen LogP contribution < -0.4 is 0 Å². The van der Waals surface area contributed by atoms with Gasteiger partial charge in [0.1, 0.15) is 0 Å². The van der Waals surface area contributed by atoms with Crippen LogP contribution in [0.3, 0.4) is 0 Å². The van der Waals surface area contributed by atoms with Gasteiger partial charge in [0.15, 0.2) is 0 Å². The molecule has 2 nitrogen and oxygen atoms in total. The van der Waals surface area contributed by atoms with Crippen LogP contribution in [0.1, 0.15) is 86.5 Å². The highest BCUT2D eigenvalue weighted by molar-refractivity contribution is 5.38. The molecule has 7 atom stereocenters. The van der Waals surface area contributed by atoms with Crippen molar-refractivity contribution >= 4 is 0 Å². The highest BCUT2D eigenvalue weighted by atomic mass is 16.3. The Balaban J connectivity index is 1.76. The summed E-state index contributed by atoms with van der Waals surface area (Å²) in [5, 5.41) is 20.2. The summed E-state index contributed by atoms with van der Waals surface area (Å²) < 4.78 is 0. The molecule has 0 aliphatic heterocycles. The van der Waals surface area contributed by atoms with E-state index in [4.69, 9.17) is 0 Å². The lowest BCUT2D eigenvalue weighted by Crippen LogP contribution is -2.35. The first kappa shape index (κ1) is 24.5. The van der Waals surface area contributed by atoms with Crippen molar-refractivity contribution in [2.45, 2.75) is 98.7 Å².